The van der Waals surface area contributed by atoms with E-state index in [0.717, 1.165) is 5.56 Å². The Bertz CT molecular complexity index is 506. The second-order valence-corrected chi connectivity index (χ2v) is 4.04. The predicted octanol–water partition coefficient (Wildman–Crippen LogP) is 3.16. The van der Waals surface area contributed by atoms with E-state index in [0.29, 0.717) is 13.0 Å². The minimum absolute atomic E-state index is 0.444. The van der Waals surface area contributed by atoms with Gasteiger partial charge in [-0.15, -0.1) is 0 Å². The number of amides is 1. The van der Waals surface area contributed by atoms with Crippen molar-refractivity contribution in [3.05, 3.63) is 60.2 Å². The molecule has 0 spiro atoms. The molecule has 92 valence electrons. The third-order valence-corrected chi connectivity index (χ3v) is 2.75. The number of nitrogens with one attached hydrogen (secondary N) is 1. The predicted molar refractivity (Wildman–Crippen MR) is 71.6 cm³/mol. The van der Waals surface area contributed by atoms with Crippen molar-refractivity contribution in [1.82, 2.24) is 5.32 Å². The van der Waals surface area contributed by atoms with Crippen LogP contribution in [0.2, 0.25) is 0 Å². The molecule has 0 atom stereocenters. The zero-order chi connectivity index (χ0) is 12.8. The molecular weight excluding hydrogens is 226 g/mol. The third kappa shape index (κ3) is 3.35. The Labute approximate surface area is 106 Å². The molecule has 0 radical (unpaired) electrons. The van der Waals surface area contributed by atoms with E-state index in [4.69, 9.17) is 5.11 Å². The zero-order valence-electron chi connectivity index (χ0n) is 9.97. The lowest BCUT2D eigenvalue weighted by Crippen LogP contribution is -2.23. The molecule has 0 unspecified atom stereocenters. The van der Waals surface area contributed by atoms with Crippen LogP contribution < -0.4 is 5.32 Å². The van der Waals surface area contributed by atoms with Crippen LogP contribution in [0.3, 0.4) is 0 Å². The first-order valence-electron chi connectivity index (χ1n) is 5.87. The molecule has 1 amide bonds. The minimum Gasteiger partial charge on any atom is -0.465 e. The second-order valence-electron chi connectivity index (χ2n) is 4.04. The van der Waals surface area contributed by atoms with Gasteiger partial charge >= 0.3 is 6.09 Å². The van der Waals surface area contributed by atoms with E-state index in [9.17, 15) is 4.79 Å². The van der Waals surface area contributed by atoms with Crippen molar-refractivity contribution < 1.29 is 9.90 Å². The summed E-state index contributed by atoms with van der Waals surface area (Å²) in [5, 5.41) is 10.8. The first kappa shape index (κ1) is 12.2. The summed E-state index contributed by atoms with van der Waals surface area (Å²) in [5.41, 5.74) is 3.49. The highest BCUT2D eigenvalue weighted by Gasteiger charge is 1.98. The molecule has 0 heterocycles. The van der Waals surface area contributed by atoms with Crippen LogP contribution in [-0.2, 0) is 6.42 Å². The molecule has 3 nitrogen and oxygen atoms in total. The summed E-state index contributed by atoms with van der Waals surface area (Å²) < 4.78 is 0. The van der Waals surface area contributed by atoms with Crippen molar-refractivity contribution in [3.63, 3.8) is 0 Å². The van der Waals surface area contributed by atoms with Gasteiger partial charge in [0, 0.05) is 6.54 Å². The lowest BCUT2D eigenvalue weighted by molar-refractivity contribution is 0.194. The van der Waals surface area contributed by atoms with Crippen molar-refractivity contribution in [3.8, 4) is 11.1 Å². The van der Waals surface area contributed by atoms with Crippen molar-refractivity contribution >= 4 is 6.09 Å². The van der Waals surface area contributed by atoms with Crippen LogP contribution >= 0.6 is 0 Å². The van der Waals surface area contributed by atoms with E-state index < -0.39 is 6.09 Å². The first-order valence-corrected chi connectivity index (χ1v) is 5.87. The minimum atomic E-state index is -0.976. The van der Waals surface area contributed by atoms with Gasteiger partial charge in [0.05, 0.1) is 0 Å². The summed E-state index contributed by atoms with van der Waals surface area (Å²) >= 11 is 0. The number of rotatable bonds is 4. The summed E-state index contributed by atoms with van der Waals surface area (Å²) in [7, 11) is 0. The summed E-state index contributed by atoms with van der Waals surface area (Å²) in [6.07, 6.45) is -0.266. The van der Waals surface area contributed by atoms with Gasteiger partial charge in [0.1, 0.15) is 0 Å². The molecule has 2 rings (SSSR count). The summed E-state index contributed by atoms with van der Waals surface area (Å²) in [6.45, 7) is 0.444. The number of benzene rings is 2. The molecular formula is C15H15NO2. The molecule has 18 heavy (non-hydrogen) atoms. The smallest absolute Gasteiger partial charge is 0.404 e. The van der Waals surface area contributed by atoms with Crippen molar-refractivity contribution in [2.45, 2.75) is 6.42 Å². The second kappa shape index (κ2) is 5.87. The molecule has 0 saturated heterocycles. The van der Waals surface area contributed by atoms with Gasteiger partial charge in [-0.05, 0) is 23.1 Å². The van der Waals surface area contributed by atoms with Gasteiger partial charge in [-0.25, -0.2) is 4.79 Å². The maximum absolute atomic E-state index is 10.3. The molecule has 3 heteroatoms. The zero-order valence-corrected chi connectivity index (χ0v) is 9.97. The van der Waals surface area contributed by atoms with E-state index in [1.54, 1.807) is 0 Å². The van der Waals surface area contributed by atoms with Crippen LogP contribution in [-0.4, -0.2) is 17.7 Å². The third-order valence-electron chi connectivity index (χ3n) is 2.75. The Morgan fingerprint density at radius 1 is 0.944 bits per heavy atom. The van der Waals surface area contributed by atoms with Gasteiger partial charge in [-0.3, -0.25) is 0 Å². The van der Waals surface area contributed by atoms with Crippen LogP contribution in [0, 0.1) is 0 Å². The molecule has 0 saturated carbocycles. The molecule has 2 N–H and O–H groups in total. The molecule has 2 aromatic rings. The van der Waals surface area contributed by atoms with Crippen LogP contribution in [0.1, 0.15) is 5.56 Å². The molecule has 0 bridgehead atoms. The Balaban J connectivity index is 2.00. The number of hydrogen-bond donors (Lipinski definition) is 2. The Hall–Kier alpha value is -2.29. The lowest BCUT2D eigenvalue weighted by Gasteiger charge is -2.04. The average molecular weight is 241 g/mol. The Morgan fingerprint density at radius 3 is 2.17 bits per heavy atom. The summed E-state index contributed by atoms with van der Waals surface area (Å²) in [4.78, 5) is 10.3. The molecule has 0 aromatic heterocycles. The number of carboxylic acid groups (broad SMARTS) is 1. The van der Waals surface area contributed by atoms with E-state index >= 15 is 0 Å². The van der Waals surface area contributed by atoms with Gasteiger partial charge < -0.3 is 10.4 Å². The van der Waals surface area contributed by atoms with Gasteiger partial charge in [0.25, 0.3) is 0 Å². The van der Waals surface area contributed by atoms with Crippen LogP contribution in [0.15, 0.2) is 54.6 Å². The van der Waals surface area contributed by atoms with Crippen LogP contribution in [0.5, 0.6) is 0 Å². The first-order chi connectivity index (χ1) is 8.75. The van der Waals surface area contributed by atoms with Crippen molar-refractivity contribution in [2.24, 2.45) is 0 Å². The highest BCUT2D eigenvalue weighted by Crippen LogP contribution is 2.19. The van der Waals surface area contributed by atoms with Gasteiger partial charge in [0.2, 0.25) is 0 Å². The van der Waals surface area contributed by atoms with E-state index in [1.807, 2.05) is 30.3 Å². The number of hydrogen-bond acceptors (Lipinski definition) is 1. The van der Waals surface area contributed by atoms with Crippen molar-refractivity contribution in [1.29, 1.82) is 0 Å². The van der Waals surface area contributed by atoms with E-state index in [-0.39, 0.29) is 0 Å². The molecule has 0 aliphatic carbocycles. The monoisotopic (exact) mass is 241 g/mol. The van der Waals surface area contributed by atoms with Crippen LogP contribution in [0.25, 0.3) is 11.1 Å². The molecule has 0 aliphatic heterocycles. The topological polar surface area (TPSA) is 49.3 Å². The van der Waals surface area contributed by atoms with E-state index in [1.165, 1.54) is 11.1 Å². The largest absolute Gasteiger partial charge is 0.465 e. The maximum Gasteiger partial charge on any atom is 0.404 e. The Morgan fingerprint density at radius 2 is 1.56 bits per heavy atom. The van der Waals surface area contributed by atoms with Gasteiger partial charge in [0.15, 0.2) is 0 Å². The quantitative estimate of drug-likeness (QED) is 0.863. The summed E-state index contributed by atoms with van der Waals surface area (Å²) in [5.74, 6) is 0. The van der Waals surface area contributed by atoms with Gasteiger partial charge in [-0.1, -0.05) is 54.6 Å². The van der Waals surface area contributed by atoms with Crippen LogP contribution in [0.4, 0.5) is 4.79 Å². The Kier molecular flexibility index (Phi) is 3.97. The lowest BCUT2D eigenvalue weighted by atomic mass is 10.0. The summed E-state index contributed by atoms with van der Waals surface area (Å²) in [6, 6.07) is 18.4. The fourth-order valence-electron chi connectivity index (χ4n) is 1.81. The molecule has 0 fully saturated rings. The SMILES string of the molecule is O=C(O)NCCc1ccc(-c2ccccc2)cc1. The van der Waals surface area contributed by atoms with E-state index in [2.05, 4.69) is 29.6 Å². The fourth-order valence-corrected chi connectivity index (χ4v) is 1.81. The fraction of sp³-hybridized carbons (Fsp3) is 0.133. The van der Waals surface area contributed by atoms with Gasteiger partial charge in [-0.2, -0.15) is 0 Å². The normalized spacial score (nSPS) is 10.0. The number of carbonyl (C=O) groups is 1. The molecule has 2 aromatic carbocycles. The van der Waals surface area contributed by atoms with Crippen molar-refractivity contribution in [2.75, 3.05) is 6.54 Å². The standard InChI is InChI=1S/C15H15NO2/c17-15(18)16-11-10-12-6-8-14(9-7-12)13-4-2-1-3-5-13/h1-9,16H,10-11H2,(H,17,18). The highest BCUT2D eigenvalue weighted by molar-refractivity contribution is 5.64. The molecule has 0 aliphatic rings. The average Bonchev–Trinajstić information content (AvgIpc) is 2.40. The highest BCUT2D eigenvalue weighted by atomic mass is 16.4. The maximum atomic E-state index is 10.3.